The molecule has 0 amide bonds. The number of aliphatic hydroxyl groups is 1. The van der Waals surface area contributed by atoms with Gasteiger partial charge in [-0.2, -0.15) is 0 Å². The van der Waals surface area contributed by atoms with E-state index in [1.165, 1.54) is 0 Å². The van der Waals surface area contributed by atoms with E-state index in [9.17, 15) is 5.11 Å². The first-order chi connectivity index (χ1) is 15.3. The molecule has 4 nitrogen and oxygen atoms in total. The summed E-state index contributed by atoms with van der Waals surface area (Å²) in [5.41, 5.74) is 0.934. The third-order valence-corrected chi connectivity index (χ3v) is 4.66. The first kappa shape index (κ1) is 20.5. The van der Waals surface area contributed by atoms with Crippen molar-refractivity contribution in [1.29, 1.82) is 0 Å². The Kier molecular flexibility index (Phi) is 6.83. The predicted molar refractivity (Wildman–Crippen MR) is 121 cm³/mol. The minimum atomic E-state index is 0.0991. The highest BCUT2D eigenvalue weighted by Crippen LogP contribution is 2.46. The van der Waals surface area contributed by atoms with Gasteiger partial charge in [0.25, 0.3) is 0 Å². The van der Waals surface area contributed by atoms with Gasteiger partial charge in [-0.1, -0.05) is 60.7 Å². The fourth-order valence-electron chi connectivity index (χ4n) is 3.17. The summed E-state index contributed by atoms with van der Waals surface area (Å²) >= 11 is 0. The SMILES string of the molecule is OCCCc1ccc(Oc2ccccc2)c(Oc2ccccc2)c1Oc1ccccc1. The monoisotopic (exact) mass is 412 g/mol. The van der Waals surface area contributed by atoms with Crippen molar-refractivity contribution < 1.29 is 19.3 Å². The van der Waals surface area contributed by atoms with Gasteiger partial charge < -0.3 is 19.3 Å². The number of benzene rings is 4. The van der Waals surface area contributed by atoms with Crippen LogP contribution in [0.15, 0.2) is 103 Å². The quantitative estimate of drug-likeness (QED) is 0.322. The number of hydrogen-bond acceptors (Lipinski definition) is 4. The van der Waals surface area contributed by atoms with Crippen LogP contribution in [0.2, 0.25) is 0 Å². The molecule has 4 aromatic rings. The fraction of sp³-hybridized carbons (Fsp3) is 0.111. The van der Waals surface area contributed by atoms with Gasteiger partial charge in [0.2, 0.25) is 5.75 Å². The van der Waals surface area contributed by atoms with Crippen molar-refractivity contribution in [2.45, 2.75) is 12.8 Å². The van der Waals surface area contributed by atoms with Crippen LogP contribution in [0.5, 0.6) is 34.5 Å². The van der Waals surface area contributed by atoms with Crippen molar-refractivity contribution in [2.24, 2.45) is 0 Å². The number of rotatable bonds is 9. The Labute approximate surface area is 182 Å². The van der Waals surface area contributed by atoms with Crippen LogP contribution in [0.3, 0.4) is 0 Å². The van der Waals surface area contributed by atoms with E-state index in [1.54, 1.807) is 0 Å². The maximum atomic E-state index is 9.37. The van der Waals surface area contributed by atoms with Crippen LogP contribution in [0, 0.1) is 0 Å². The predicted octanol–water partition coefficient (Wildman–Crippen LogP) is 6.99. The van der Waals surface area contributed by atoms with Gasteiger partial charge in [-0.15, -0.1) is 0 Å². The van der Waals surface area contributed by atoms with Gasteiger partial charge in [0.1, 0.15) is 17.2 Å². The Hall–Kier alpha value is -3.76. The highest BCUT2D eigenvalue weighted by Gasteiger charge is 2.20. The Morgan fingerprint density at radius 3 is 1.52 bits per heavy atom. The molecule has 0 aliphatic heterocycles. The average molecular weight is 412 g/mol. The molecule has 0 bridgehead atoms. The van der Waals surface area contributed by atoms with Crippen LogP contribution >= 0.6 is 0 Å². The third-order valence-electron chi connectivity index (χ3n) is 4.66. The second-order valence-corrected chi connectivity index (χ2v) is 6.95. The molecule has 1 N–H and O–H groups in total. The zero-order valence-corrected chi connectivity index (χ0v) is 17.1. The van der Waals surface area contributed by atoms with Crippen LogP contribution in [0.1, 0.15) is 12.0 Å². The summed E-state index contributed by atoms with van der Waals surface area (Å²) in [6.07, 6.45) is 1.27. The molecule has 31 heavy (non-hydrogen) atoms. The standard InChI is InChI=1S/C27H24O4/c28-20-10-11-21-18-19-25(29-22-12-4-1-5-13-22)27(31-24-16-8-3-9-17-24)26(21)30-23-14-6-2-7-15-23/h1-9,12-19,28H,10-11,20H2. The van der Waals surface area contributed by atoms with Crippen LogP contribution in [-0.2, 0) is 6.42 Å². The van der Waals surface area contributed by atoms with Gasteiger partial charge in [-0.05, 0) is 60.9 Å². The minimum absolute atomic E-state index is 0.0991. The van der Waals surface area contributed by atoms with E-state index in [2.05, 4.69) is 0 Å². The first-order valence-electron chi connectivity index (χ1n) is 10.3. The van der Waals surface area contributed by atoms with Crippen molar-refractivity contribution in [3.05, 3.63) is 109 Å². The lowest BCUT2D eigenvalue weighted by molar-refractivity contribution is 0.287. The van der Waals surface area contributed by atoms with Crippen molar-refractivity contribution >= 4 is 0 Å². The van der Waals surface area contributed by atoms with E-state index in [-0.39, 0.29) is 6.61 Å². The summed E-state index contributed by atoms with van der Waals surface area (Å²) in [4.78, 5) is 0. The molecule has 0 saturated heterocycles. The largest absolute Gasteiger partial charge is 0.453 e. The molecule has 0 unspecified atom stereocenters. The summed E-state index contributed by atoms with van der Waals surface area (Å²) in [6.45, 7) is 0.0991. The van der Waals surface area contributed by atoms with E-state index < -0.39 is 0 Å². The normalized spacial score (nSPS) is 10.5. The summed E-state index contributed by atoms with van der Waals surface area (Å²) < 4.78 is 18.8. The molecule has 0 radical (unpaired) electrons. The molecular formula is C27H24O4. The molecule has 0 aliphatic carbocycles. The fourth-order valence-corrected chi connectivity index (χ4v) is 3.17. The molecule has 4 rings (SSSR count). The van der Waals surface area contributed by atoms with Gasteiger partial charge in [-0.25, -0.2) is 0 Å². The zero-order valence-electron chi connectivity index (χ0n) is 17.1. The topological polar surface area (TPSA) is 47.9 Å². The molecule has 0 fully saturated rings. The molecule has 0 heterocycles. The highest BCUT2D eigenvalue weighted by atomic mass is 16.5. The lowest BCUT2D eigenvalue weighted by atomic mass is 10.1. The molecule has 4 heteroatoms. The van der Waals surface area contributed by atoms with Gasteiger partial charge >= 0.3 is 0 Å². The Balaban J connectivity index is 1.80. The van der Waals surface area contributed by atoms with Crippen LogP contribution in [0.25, 0.3) is 0 Å². The molecular weight excluding hydrogens is 388 g/mol. The van der Waals surface area contributed by atoms with E-state index in [0.717, 1.165) is 5.56 Å². The Morgan fingerprint density at radius 1 is 0.516 bits per heavy atom. The summed E-state index contributed by atoms with van der Waals surface area (Å²) in [5.74, 6) is 3.70. The van der Waals surface area contributed by atoms with Crippen molar-refractivity contribution in [3.8, 4) is 34.5 Å². The van der Waals surface area contributed by atoms with Gasteiger partial charge in [-0.3, -0.25) is 0 Å². The maximum absolute atomic E-state index is 9.37. The second-order valence-electron chi connectivity index (χ2n) is 6.95. The molecule has 0 spiro atoms. The van der Waals surface area contributed by atoms with E-state index in [4.69, 9.17) is 14.2 Å². The molecule has 0 saturated carbocycles. The summed E-state index contributed by atoms with van der Waals surface area (Å²) in [7, 11) is 0. The smallest absolute Gasteiger partial charge is 0.212 e. The van der Waals surface area contributed by atoms with E-state index in [1.807, 2.05) is 103 Å². The molecule has 0 aliphatic rings. The van der Waals surface area contributed by atoms with Crippen LogP contribution in [0.4, 0.5) is 0 Å². The van der Waals surface area contributed by atoms with E-state index >= 15 is 0 Å². The number of ether oxygens (including phenoxy) is 3. The van der Waals surface area contributed by atoms with Gasteiger partial charge in [0.15, 0.2) is 11.5 Å². The van der Waals surface area contributed by atoms with Crippen LogP contribution < -0.4 is 14.2 Å². The van der Waals surface area contributed by atoms with Crippen molar-refractivity contribution in [2.75, 3.05) is 6.61 Å². The van der Waals surface area contributed by atoms with Gasteiger partial charge in [0, 0.05) is 6.61 Å². The van der Waals surface area contributed by atoms with Crippen molar-refractivity contribution in [1.82, 2.24) is 0 Å². The second kappa shape index (κ2) is 10.3. The number of aliphatic hydroxyl groups excluding tert-OH is 1. The molecule has 156 valence electrons. The molecule has 4 aromatic carbocycles. The number of para-hydroxylation sites is 3. The highest BCUT2D eigenvalue weighted by molar-refractivity contribution is 5.59. The molecule has 0 aromatic heterocycles. The maximum Gasteiger partial charge on any atom is 0.212 e. The average Bonchev–Trinajstić information content (AvgIpc) is 2.82. The third kappa shape index (κ3) is 5.44. The van der Waals surface area contributed by atoms with Crippen LogP contribution in [-0.4, -0.2) is 11.7 Å². The number of hydrogen-bond donors (Lipinski definition) is 1. The lowest BCUT2D eigenvalue weighted by Crippen LogP contribution is -2.00. The van der Waals surface area contributed by atoms with Gasteiger partial charge in [0.05, 0.1) is 0 Å². The van der Waals surface area contributed by atoms with Crippen molar-refractivity contribution in [3.63, 3.8) is 0 Å². The zero-order chi connectivity index (χ0) is 21.3. The molecule has 0 atom stereocenters. The minimum Gasteiger partial charge on any atom is -0.453 e. The summed E-state index contributed by atoms with van der Waals surface area (Å²) in [5, 5.41) is 9.37. The number of aryl methyl sites for hydroxylation is 1. The van der Waals surface area contributed by atoms with E-state index in [0.29, 0.717) is 47.3 Å². The summed E-state index contributed by atoms with van der Waals surface area (Å²) in [6, 6.07) is 32.5. The Bertz CT molecular complexity index is 1080. The Morgan fingerprint density at radius 2 is 1.00 bits per heavy atom. The lowest BCUT2D eigenvalue weighted by Gasteiger charge is -2.19. The first-order valence-corrected chi connectivity index (χ1v) is 10.3.